The van der Waals surface area contributed by atoms with E-state index in [4.69, 9.17) is 5.73 Å². The Bertz CT molecular complexity index is 901. The van der Waals surface area contributed by atoms with E-state index in [9.17, 15) is 18.0 Å². The van der Waals surface area contributed by atoms with Gasteiger partial charge in [0.25, 0.3) is 11.8 Å². The molecule has 1 aliphatic rings. The molecule has 25 heavy (non-hydrogen) atoms. The predicted molar refractivity (Wildman–Crippen MR) is 92.9 cm³/mol. The Hall–Kier alpha value is -2.51. The molecule has 1 atom stereocenters. The lowest BCUT2D eigenvalue weighted by Gasteiger charge is -2.19. The fraction of sp³-hybridized carbons (Fsp3) is 0.222. The SMILES string of the molecule is CCS(=O)(=O)c1ccc(C(N)CN2C(=O)c3ccccc3C2=O)cc1. The first-order valence-electron chi connectivity index (χ1n) is 7.88. The molecule has 0 saturated carbocycles. The number of carbonyl (C=O) groups excluding carboxylic acids is 2. The summed E-state index contributed by atoms with van der Waals surface area (Å²) in [6.45, 7) is 1.61. The largest absolute Gasteiger partial charge is 0.322 e. The van der Waals surface area contributed by atoms with Crippen molar-refractivity contribution in [2.45, 2.75) is 17.9 Å². The number of benzene rings is 2. The zero-order valence-corrected chi connectivity index (χ0v) is 14.5. The zero-order valence-electron chi connectivity index (χ0n) is 13.7. The highest BCUT2D eigenvalue weighted by atomic mass is 32.2. The standard InChI is InChI=1S/C18H18N2O4S/c1-2-25(23,24)13-9-7-12(8-10-13)16(19)11-20-17(21)14-5-3-4-6-15(14)18(20)22/h3-10,16H,2,11,19H2,1H3. The minimum atomic E-state index is -3.28. The Kier molecular flexibility index (Phi) is 4.45. The molecule has 2 aromatic rings. The molecule has 2 aromatic carbocycles. The van der Waals surface area contributed by atoms with Gasteiger partial charge in [0.05, 0.1) is 21.8 Å². The van der Waals surface area contributed by atoms with Crippen LogP contribution in [0.3, 0.4) is 0 Å². The molecule has 6 nitrogen and oxygen atoms in total. The van der Waals surface area contributed by atoms with Crippen LogP contribution in [0.5, 0.6) is 0 Å². The van der Waals surface area contributed by atoms with Crippen LogP contribution in [0.2, 0.25) is 0 Å². The van der Waals surface area contributed by atoms with Crippen molar-refractivity contribution < 1.29 is 18.0 Å². The van der Waals surface area contributed by atoms with Crippen LogP contribution in [0.4, 0.5) is 0 Å². The van der Waals surface area contributed by atoms with E-state index >= 15 is 0 Å². The molecule has 2 amide bonds. The van der Waals surface area contributed by atoms with E-state index in [0.29, 0.717) is 16.7 Å². The maximum atomic E-state index is 12.4. The molecule has 0 spiro atoms. The van der Waals surface area contributed by atoms with Crippen molar-refractivity contribution in [1.29, 1.82) is 0 Å². The predicted octanol–water partition coefficient (Wildman–Crippen LogP) is 1.78. The number of imide groups is 1. The number of nitrogens with zero attached hydrogens (tertiary/aromatic N) is 1. The number of carbonyl (C=O) groups is 2. The molecule has 3 rings (SSSR count). The van der Waals surface area contributed by atoms with E-state index in [0.717, 1.165) is 4.90 Å². The van der Waals surface area contributed by atoms with Crippen molar-refractivity contribution in [2.75, 3.05) is 12.3 Å². The molecule has 0 bridgehead atoms. The molecular weight excluding hydrogens is 340 g/mol. The van der Waals surface area contributed by atoms with Gasteiger partial charge in [0, 0.05) is 12.6 Å². The van der Waals surface area contributed by atoms with Gasteiger partial charge in [-0.3, -0.25) is 14.5 Å². The zero-order chi connectivity index (χ0) is 18.2. The van der Waals surface area contributed by atoms with E-state index in [1.165, 1.54) is 12.1 Å². The maximum Gasteiger partial charge on any atom is 0.261 e. The van der Waals surface area contributed by atoms with Gasteiger partial charge in [-0.15, -0.1) is 0 Å². The molecule has 7 heteroatoms. The van der Waals surface area contributed by atoms with Crippen LogP contribution in [0.25, 0.3) is 0 Å². The topological polar surface area (TPSA) is 97.5 Å². The third kappa shape index (κ3) is 3.08. The molecule has 0 saturated heterocycles. The first-order chi connectivity index (χ1) is 11.8. The number of nitrogens with two attached hydrogens (primary N) is 1. The van der Waals surface area contributed by atoms with Crippen LogP contribution < -0.4 is 5.73 Å². The summed E-state index contributed by atoms with van der Waals surface area (Å²) < 4.78 is 23.7. The number of hydrogen-bond donors (Lipinski definition) is 1. The third-order valence-corrected chi connectivity index (χ3v) is 6.06. The van der Waals surface area contributed by atoms with E-state index in [1.807, 2.05) is 0 Å². The lowest BCUT2D eigenvalue weighted by Crippen LogP contribution is -2.36. The quantitative estimate of drug-likeness (QED) is 0.822. The number of hydrogen-bond acceptors (Lipinski definition) is 5. The molecule has 1 heterocycles. The summed E-state index contributed by atoms with van der Waals surface area (Å²) in [6, 6.07) is 12.3. The second kappa shape index (κ2) is 6.42. The van der Waals surface area contributed by atoms with Crippen molar-refractivity contribution in [1.82, 2.24) is 4.90 Å². The molecule has 0 radical (unpaired) electrons. The summed E-state index contributed by atoms with van der Waals surface area (Å²) in [5.74, 6) is -0.699. The Balaban J connectivity index is 1.78. The number of fused-ring (bicyclic) bond motifs is 1. The van der Waals surface area contributed by atoms with Crippen molar-refractivity contribution in [3.63, 3.8) is 0 Å². The van der Waals surface area contributed by atoms with Gasteiger partial charge < -0.3 is 5.73 Å². The van der Waals surface area contributed by atoms with Gasteiger partial charge >= 0.3 is 0 Å². The molecule has 1 aliphatic heterocycles. The van der Waals surface area contributed by atoms with Gasteiger partial charge in [0.15, 0.2) is 9.84 Å². The van der Waals surface area contributed by atoms with E-state index in [-0.39, 0.29) is 29.0 Å². The molecule has 0 fully saturated rings. The van der Waals surface area contributed by atoms with Crippen molar-refractivity contribution >= 4 is 21.7 Å². The number of amides is 2. The minimum Gasteiger partial charge on any atom is -0.322 e. The van der Waals surface area contributed by atoms with Crippen LogP contribution in [-0.2, 0) is 9.84 Å². The molecule has 0 aliphatic carbocycles. The fourth-order valence-corrected chi connectivity index (χ4v) is 3.68. The van der Waals surface area contributed by atoms with Gasteiger partial charge in [0.2, 0.25) is 0 Å². The lowest BCUT2D eigenvalue weighted by molar-refractivity contribution is 0.0644. The Morgan fingerprint density at radius 1 is 0.960 bits per heavy atom. The summed E-state index contributed by atoms with van der Waals surface area (Å²) in [6.07, 6.45) is 0. The Morgan fingerprint density at radius 2 is 1.48 bits per heavy atom. The Labute approximate surface area is 146 Å². The average Bonchev–Trinajstić information content (AvgIpc) is 2.87. The third-order valence-electron chi connectivity index (χ3n) is 4.30. The summed E-state index contributed by atoms with van der Waals surface area (Å²) in [4.78, 5) is 26.1. The second-order valence-corrected chi connectivity index (χ2v) is 8.12. The molecular formula is C18H18N2O4S. The van der Waals surface area contributed by atoms with Gasteiger partial charge in [-0.1, -0.05) is 31.2 Å². The second-order valence-electron chi connectivity index (χ2n) is 5.85. The minimum absolute atomic E-state index is 0.0213. The average molecular weight is 358 g/mol. The van der Waals surface area contributed by atoms with Gasteiger partial charge in [-0.25, -0.2) is 8.42 Å². The smallest absolute Gasteiger partial charge is 0.261 e. The summed E-state index contributed by atoms with van der Waals surface area (Å²) in [5, 5.41) is 0. The van der Waals surface area contributed by atoms with Gasteiger partial charge in [0.1, 0.15) is 0 Å². The number of sulfone groups is 1. The van der Waals surface area contributed by atoms with Gasteiger partial charge in [-0.2, -0.15) is 0 Å². The van der Waals surface area contributed by atoms with Crippen molar-refractivity contribution in [3.8, 4) is 0 Å². The maximum absolute atomic E-state index is 12.4. The molecule has 1 unspecified atom stereocenters. The van der Waals surface area contributed by atoms with E-state index < -0.39 is 15.9 Å². The van der Waals surface area contributed by atoms with Crippen LogP contribution in [-0.4, -0.2) is 37.4 Å². The number of rotatable bonds is 5. The summed E-state index contributed by atoms with van der Waals surface area (Å²) in [7, 11) is -3.28. The first-order valence-corrected chi connectivity index (χ1v) is 9.54. The molecule has 130 valence electrons. The van der Waals surface area contributed by atoms with Gasteiger partial charge in [-0.05, 0) is 29.8 Å². The lowest BCUT2D eigenvalue weighted by atomic mass is 10.1. The van der Waals surface area contributed by atoms with Crippen LogP contribution >= 0.6 is 0 Å². The normalized spacial score (nSPS) is 15.4. The monoisotopic (exact) mass is 358 g/mol. The summed E-state index contributed by atoms with van der Waals surface area (Å²) >= 11 is 0. The van der Waals surface area contributed by atoms with E-state index in [1.54, 1.807) is 43.3 Å². The van der Waals surface area contributed by atoms with Crippen LogP contribution in [0.1, 0.15) is 39.2 Å². The van der Waals surface area contributed by atoms with Crippen LogP contribution in [0.15, 0.2) is 53.4 Å². The Morgan fingerprint density at radius 3 is 1.96 bits per heavy atom. The molecule has 2 N–H and O–H groups in total. The van der Waals surface area contributed by atoms with Crippen molar-refractivity contribution in [2.24, 2.45) is 5.73 Å². The molecule has 0 aromatic heterocycles. The van der Waals surface area contributed by atoms with E-state index in [2.05, 4.69) is 0 Å². The van der Waals surface area contributed by atoms with Crippen LogP contribution in [0, 0.1) is 0 Å². The highest BCUT2D eigenvalue weighted by Gasteiger charge is 2.35. The highest BCUT2D eigenvalue weighted by Crippen LogP contribution is 2.25. The van der Waals surface area contributed by atoms with Crippen molar-refractivity contribution in [3.05, 3.63) is 65.2 Å². The summed E-state index contributed by atoms with van der Waals surface area (Å²) in [5.41, 5.74) is 7.55. The first kappa shape index (κ1) is 17.3. The highest BCUT2D eigenvalue weighted by molar-refractivity contribution is 7.91. The fourth-order valence-electron chi connectivity index (χ4n) is 2.80.